The zero-order chi connectivity index (χ0) is 16.0. The predicted octanol–water partition coefficient (Wildman–Crippen LogP) is 3.71. The molecule has 5 heteroatoms. The fraction of sp³-hybridized carbons (Fsp3) is 1.00. The summed E-state index contributed by atoms with van der Waals surface area (Å²) in [5, 5.41) is 0. The summed E-state index contributed by atoms with van der Waals surface area (Å²) in [6, 6.07) is 0. The molecule has 1 atom stereocenters. The summed E-state index contributed by atoms with van der Waals surface area (Å²) >= 11 is 0. The van der Waals surface area contributed by atoms with Gasteiger partial charge in [-0.2, -0.15) is 0 Å². The number of ether oxygens (including phenoxy) is 5. The Morgan fingerprint density at radius 1 is 0.619 bits per heavy atom. The van der Waals surface area contributed by atoms with Crippen molar-refractivity contribution in [1.82, 2.24) is 0 Å². The van der Waals surface area contributed by atoms with Crippen molar-refractivity contribution in [3.63, 3.8) is 0 Å². The van der Waals surface area contributed by atoms with Crippen molar-refractivity contribution < 1.29 is 23.7 Å². The highest BCUT2D eigenvalue weighted by atomic mass is 16.9. The van der Waals surface area contributed by atoms with Crippen molar-refractivity contribution in [3.05, 3.63) is 0 Å². The molecule has 5 nitrogen and oxygen atoms in total. The van der Waals surface area contributed by atoms with Crippen LogP contribution in [0.1, 0.15) is 60.3 Å². The van der Waals surface area contributed by atoms with Gasteiger partial charge in [-0.1, -0.05) is 27.7 Å². The van der Waals surface area contributed by atoms with Gasteiger partial charge < -0.3 is 23.7 Å². The van der Waals surface area contributed by atoms with Crippen LogP contribution in [0.15, 0.2) is 0 Å². The Hall–Kier alpha value is -0.200. The molecule has 21 heavy (non-hydrogen) atoms. The lowest BCUT2D eigenvalue weighted by atomic mass is 10.4. The number of hydrogen-bond acceptors (Lipinski definition) is 5. The van der Waals surface area contributed by atoms with E-state index in [0.29, 0.717) is 33.0 Å². The van der Waals surface area contributed by atoms with Gasteiger partial charge in [-0.15, -0.1) is 0 Å². The Morgan fingerprint density at radius 2 is 1.05 bits per heavy atom. The standard InChI is InChI=1S/C16H34O5/c1-6-11-18-15(17-10-5)16(19-12-7-2,20-13-8-3)21-14-9-4/h15H,6-14H2,1-5H3. The Balaban J connectivity index is 5.08. The molecule has 0 rings (SSSR count). The van der Waals surface area contributed by atoms with Gasteiger partial charge in [-0.05, 0) is 32.6 Å². The van der Waals surface area contributed by atoms with Crippen molar-refractivity contribution in [1.29, 1.82) is 0 Å². The van der Waals surface area contributed by atoms with Crippen LogP contribution in [0.3, 0.4) is 0 Å². The first-order valence-corrected chi connectivity index (χ1v) is 8.35. The molecule has 0 aromatic heterocycles. The van der Waals surface area contributed by atoms with Gasteiger partial charge in [-0.3, -0.25) is 0 Å². The molecule has 0 amide bonds. The third-order valence-corrected chi connectivity index (χ3v) is 2.60. The molecule has 0 aromatic rings. The zero-order valence-electron chi connectivity index (χ0n) is 14.5. The summed E-state index contributed by atoms with van der Waals surface area (Å²) in [5.74, 6) is -1.27. The van der Waals surface area contributed by atoms with Crippen molar-refractivity contribution in [2.45, 2.75) is 72.6 Å². The van der Waals surface area contributed by atoms with Crippen molar-refractivity contribution in [2.24, 2.45) is 0 Å². The van der Waals surface area contributed by atoms with Gasteiger partial charge >= 0.3 is 5.97 Å². The second-order valence-electron chi connectivity index (χ2n) is 4.81. The zero-order valence-corrected chi connectivity index (χ0v) is 14.5. The highest BCUT2D eigenvalue weighted by molar-refractivity contribution is 4.65. The first-order valence-electron chi connectivity index (χ1n) is 8.35. The maximum Gasteiger partial charge on any atom is 0.337 e. The van der Waals surface area contributed by atoms with E-state index in [0.717, 1.165) is 25.7 Å². The molecule has 0 heterocycles. The van der Waals surface area contributed by atoms with Crippen LogP contribution in [0.5, 0.6) is 0 Å². The molecule has 0 N–H and O–H groups in total. The molecule has 0 saturated carbocycles. The fourth-order valence-electron chi connectivity index (χ4n) is 1.69. The average molecular weight is 306 g/mol. The molecule has 0 spiro atoms. The van der Waals surface area contributed by atoms with E-state index in [1.807, 2.05) is 27.7 Å². The van der Waals surface area contributed by atoms with Gasteiger partial charge in [0.1, 0.15) is 0 Å². The van der Waals surface area contributed by atoms with Crippen molar-refractivity contribution >= 4 is 0 Å². The second kappa shape index (κ2) is 13.5. The summed E-state index contributed by atoms with van der Waals surface area (Å²) in [7, 11) is 0. The normalized spacial score (nSPS) is 13.6. The van der Waals surface area contributed by atoms with Crippen LogP contribution in [-0.2, 0) is 23.7 Å². The molecule has 0 aliphatic rings. The lowest BCUT2D eigenvalue weighted by Gasteiger charge is -2.38. The maximum absolute atomic E-state index is 5.90. The summed E-state index contributed by atoms with van der Waals surface area (Å²) in [6.07, 6.45) is 2.85. The molecule has 0 aromatic carbocycles. The highest BCUT2D eigenvalue weighted by Crippen LogP contribution is 2.25. The van der Waals surface area contributed by atoms with E-state index in [2.05, 4.69) is 6.92 Å². The van der Waals surface area contributed by atoms with E-state index < -0.39 is 12.3 Å². The van der Waals surface area contributed by atoms with E-state index in [9.17, 15) is 0 Å². The molecule has 0 aliphatic heterocycles. The minimum atomic E-state index is -1.27. The van der Waals surface area contributed by atoms with E-state index in [1.54, 1.807) is 0 Å². The lowest BCUT2D eigenvalue weighted by molar-refractivity contribution is -0.455. The second-order valence-corrected chi connectivity index (χ2v) is 4.81. The fourth-order valence-corrected chi connectivity index (χ4v) is 1.69. The quantitative estimate of drug-likeness (QED) is 0.432. The Kier molecular flexibility index (Phi) is 13.3. The topological polar surface area (TPSA) is 46.2 Å². The molecule has 0 fully saturated rings. The molecular formula is C16H34O5. The summed E-state index contributed by atoms with van der Waals surface area (Å²) in [5.41, 5.74) is 0. The summed E-state index contributed by atoms with van der Waals surface area (Å²) in [6.45, 7) is 12.8. The van der Waals surface area contributed by atoms with Gasteiger partial charge in [0.2, 0.25) is 6.29 Å². The predicted molar refractivity (Wildman–Crippen MR) is 83.1 cm³/mol. The lowest BCUT2D eigenvalue weighted by Crippen LogP contribution is -2.53. The highest BCUT2D eigenvalue weighted by Gasteiger charge is 2.45. The largest absolute Gasteiger partial charge is 0.346 e. The van der Waals surface area contributed by atoms with Gasteiger partial charge in [0.15, 0.2) is 0 Å². The van der Waals surface area contributed by atoms with E-state index in [1.165, 1.54) is 0 Å². The average Bonchev–Trinajstić information content (AvgIpc) is 2.51. The summed E-state index contributed by atoms with van der Waals surface area (Å²) < 4.78 is 29.2. The smallest absolute Gasteiger partial charge is 0.337 e. The third-order valence-electron chi connectivity index (χ3n) is 2.60. The third kappa shape index (κ3) is 8.12. The number of hydrogen-bond donors (Lipinski definition) is 0. The Morgan fingerprint density at radius 3 is 1.38 bits per heavy atom. The molecule has 1 unspecified atom stereocenters. The SMILES string of the molecule is CCCOC(OCC)C(OCCC)(OCCC)OCCC. The first kappa shape index (κ1) is 20.8. The van der Waals surface area contributed by atoms with Gasteiger partial charge in [0.05, 0.1) is 19.8 Å². The molecule has 0 saturated heterocycles. The van der Waals surface area contributed by atoms with E-state index in [4.69, 9.17) is 23.7 Å². The first-order chi connectivity index (χ1) is 10.2. The minimum absolute atomic E-state index is 0.511. The summed E-state index contributed by atoms with van der Waals surface area (Å²) in [4.78, 5) is 0. The van der Waals surface area contributed by atoms with Gasteiger partial charge in [0.25, 0.3) is 0 Å². The van der Waals surface area contributed by atoms with Crippen LogP contribution in [0.4, 0.5) is 0 Å². The van der Waals surface area contributed by atoms with E-state index in [-0.39, 0.29) is 0 Å². The van der Waals surface area contributed by atoms with Crippen LogP contribution in [0, 0.1) is 0 Å². The van der Waals surface area contributed by atoms with Crippen molar-refractivity contribution in [2.75, 3.05) is 33.0 Å². The van der Waals surface area contributed by atoms with Gasteiger partial charge in [-0.25, -0.2) is 0 Å². The van der Waals surface area contributed by atoms with Crippen LogP contribution in [0.25, 0.3) is 0 Å². The molecule has 0 aliphatic carbocycles. The molecular weight excluding hydrogens is 272 g/mol. The maximum atomic E-state index is 5.90. The Labute approximate surface area is 130 Å². The molecule has 128 valence electrons. The van der Waals surface area contributed by atoms with E-state index >= 15 is 0 Å². The monoisotopic (exact) mass is 306 g/mol. The molecule has 0 radical (unpaired) electrons. The van der Waals surface area contributed by atoms with Crippen LogP contribution < -0.4 is 0 Å². The number of rotatable bonds is 15. The van der Waals surface area contributed by atoms with Gasteiger partial charge in [0, 0.05) is 13.2 Å². The van der Waals surface area contributed by atoms with Crippen LogP contribution in [0.2, 0.25) is 0 Å². The van der Waals surface area contributed by atoms with Crippen LogP contribution in [-0.4, -0.2) is 45.3 Å². The minimum Gasteiger partial charge on any atom is -0.346 e. The Bertz CT molecular complexity index is 201. The van der Waals surface area contributed by atoms with Crippen molar-refractivity contribution in [3.8, 4) is 0 Å². The molecule has 0 bridgehead atoms. The van der Waals surface area contributed by atoms with Crippen LogP contribution >= 0.6 is 0 Å².